The molecule has 3 aromatic rings. The van der Waals surface area contributed by atoms with E-state index in [-0.39, 0.29) is 23.9 Å². The number of nitrogen functional groups attached to an aromatic ring is 1. The Bertz CT molecular complexity index is 765. The van der Waals surface area contributed by atoms with Gasteiger partial charge < -0.3 is 10.7 Å². The van der Waals surface area contributed by atoms with Gasteiger partial charge in [-0.2, -0.15) is 4.98 Å². The maximum Gasteiger partial charge on any atom is 0.283 e. The second-order valence-electron chi connectivity index (χ2n) is 4.26. The maximum absolute atomic E-state index is 12.2. The average molecular weight is 292 g/mol. The summed E-state index contributed by atoms with van der Waals surface area (Å²) in [5, 5.41) is 0. The van der Waals surface area contributed by atoms with E-state index in [1.54, 1.807) is 0 Å². The van der Waals surface area contributed by atoms with Crippen LogP contribution in [0.25, 0.3) is 11.2 Å². The first-order chi connectivity index (χ1) is 9.25. The fourth-order valence-electron chi connectivity index (χ4n) is 2.04. The molecule has 2 heterocycles. The van der Waals surface area contributed by atoms with E-state index in [1.165, 1.54) is 10.9 Å². The van der Waals surface area contributed by atoms with Crippen LogP contribution >= 0.6 is 12.4 Å². The van der Waals surface area contributed by atoms with Crippen molar-refractivity contribution < 1.29 is 0 Å². The van der Waals surface area contributed by atoms with Crippen LogP contribution < -0.4 is 11.3 Å². The Morgan fingerprint density at radius 3 is 2.75 bits per heavy atom. The summed E-state index contributed by atoms with van der Waals surface area (Å²) < 4.78 is 1.45. The summed E-state index contributed by atoms with van der Waals surface area (Å²) in [7, 11) is 0. The van der Waals surface area contributed by atoms with Gasteiger partial charge >= 0.3 is 0 Å². The highest BCUT2D eigenvalue weighted by Gasteiger charge is 2.10. The molecule has 0 amide bonds. The molecular weight excluding hydrogens is 278 g/mol. The number of hydrogen-bond donors (Lipinski definition) is 2. The molecule has 2 aromatic heterocycles. The van der Waals surface area contributed by atoms with Crippen molar-refractivity contribution in [2.45, 2.75) is 13.0 Å². The molecule has 0 saturated carbocycles. The zero-order valence-corrected chi connectivity index (χ0v) is 11.4. The van der Waals surface area contributed by atoms with E-state index in [0.717, 1.165) is 12.0 Å². The quantitative estimate of drug-likeness (QED) is 0.762. The summed E-state index contributed by atoms with van der Waals surface area (Å²) >= 11 is 0. The predicted octanol–water partition coefficient (Wildman–Crippen LogP) is 1.37. The molecule has 3 rings (SSSR count). The summed E-state index contributed by atoms with van der Waals surface area (Å²) in [6.07, 6.45) is 2.17. The van der Waals surface area contributed by atoms with Crippen LogP contribution in [0.1, 0.15) is 5.56 Å². The van der Waals surface area contributed by atoms with Gasteiger partial charge in [0.15, 0.2) is 11.2 Å². The molecule has 0 atom stereocenters. The van der Waals surface area contributed by atoms with Gasteiger partial charge in [0.25, 0.3) is 5.56 Å². The minimum atomic E-state index is -0.209. The lowest BCUT2D eigenvalue weighted by atomic mass is 10.1. The normalized spacial score (nSPS) is 10.4. The van der Waals surface area contributed by atoms with Gasteiger partial charge in [-0.05, 0) is 12.0 Å². The minimum Gasteiger partial charge on any atom is -0.369 e. The third-order valence-electron chi connectivity index (χ3n) is 3.04. The number of rotatable bonds is 3. The Kier molecular flexibility index (Phi) is 4.05. The van der Waals surface area contributed by atoms with Crippen LogP contribution in [-0.2, 0) is 13.0 Å². The SMILES string of the molecule is Cl.Nc1nc2[nH]cnc2c(=O)n1CCc1ccccc1. The van der Waals surface area contributed by atoms with Crippen molar-refractivity contribution in [1.29, 1.82) is 0 Å². The molecular formula is C13H14ClN5O. The summed E-state index contributed by atoms with van der Waals surface area (Å²) in [6, 6.07) is 9.93. The molecule has 104 valence electrons. The molecule has 6 nitrogen and oxygen atoms in total. The highest BCUT2D eigenvalue weighted by molar-refractivity contribution is 5.85. The monoisotopic (exact) mass is 291 g/mol. The number of imidazole rings is 1. The number of aromatic amines is 1. The number of aryl methyl sites for hydroxylation is 1. The van der Waals surface area contributed by atoms with Crippen molar-refractivity contribution in [1.82, 2.24) is 19.5 Å². The van der Waals surface area contributed by atoms with Crippen molar-refractivity contribution in [3.8, 4) is 0 Å². The fourth-order valence-corrected chi connectivity index (χ4v) is 2.04. The Hall–Kier alpha value is -2.34. The molecule has 0 fully saturated rings. The van der Waals surface area contributed by atoms with Crippen LogP contribution in [0.15, 0.2) is 41.5 Å². The average Bonchev–Trinajstić information content (AvgIpc) is 2.88. The largest absolute Gasteiger partial charge is 0.369 e. The minimum absolute atomic E-state index is 0. The third kappa shape index (κ3) is 2.50. The van der Waals surface area contributed by atoms with Crippen molar-refractivity contribution >= 4 is 29.5 Å². The molecule has 0 aliphatic heterocycles. The number of halogens is 1. The predicted molar refractivity (Wildman–Crippen MR) is 80.0 cm³/mol. The number of H-pyrrole nitrogens is 1. The Morgan fingerprint density at radius 2 is 2.00 bits per heavy atom. The number of benzene rings is 1. The lowest BCUT2D eigenvalue weighted by molar-refractivity contribution is 0.673. The molecule has 0 spiro atoms. The molecule has 0 aliphatic rings. The summed E-state index contributed by atoms with van der Waals surface area (Å²) in [5.41, 5.74) is 7.51. The molecule has 0 unspecified atom stereocenters. The lowest BCUT2D eigenvalue weighted by Crippen LogP contribution is -2.25. The van der Waals surface area contributed by atoms with E-state index in [2.05, 4.69) is 15.0 Å². The number of nitrogens with two attached hydrogens (primary N) is 1. The number of anilines is 1. The molecule has 3 N–H and O–H groups in total. The summed E-state index contributed by atoms with van der Waals surface area (Å²) in [6.45, 7) is 0.491. The van der Waals surface area contributed by atoms with Crippen molar-refractivity contribution in [3.05, 3.63) is 52.6 Å². The number of aromatic nitrogens is 4. The molecule has 0 bridgehead atoms. The first-order valence-corrected chi connectivity index (χ1v) is 5.99. The van der Waals surface area contributed by atoms with Gasteiger partial charge in [0, 0.05) is 6.54 Å². The Labute approximate surface area is 121 Å². The molecule has 0 aliphatic carbocycles. The number of nitrogens with zero attached hydrogens (tertiary/aromatic N) is 3. The first kappa shape index (κ1) is 14.1. The van der Waals surface area contributed by atoms with Gasteiger partial charge in [0.05, 0.1) is 6.33 Å². The van der Waals surface area contributed by atoms with Gasteiger partial charge in [0.1, 0.15) is 0 Å². The lowest BCUT2D eigenvalue weighted by Gasteiger charge is -2.08. The Morgan fingerprint density at radius 1 is 1.25 bits per heavy atom. The first-order valence-electron chi connectivity index (χ1n) is 5.99. The molecule has 0 radical (unpaired) electrons. The van der Waals surface area contributed by atoms with Crippen LogP contribution in [0.2, 0.25) is 0 Å². The van der Waals surface area contributed by atoms with E-state index in [9.17, 15) is 4.79 Å². The smallest absolute Gasteiger partial charge is 0.283 e. The van der Waals surface area contributed by atoms with Gasteiger partial charge in [0.2, 0.25) is 5.95 Å². The highest BCUT2D eigenvalue weighted by Crippen LogP contribution is 2.06. The third-order valence-corrected chi connectivity index (χ3v) is 3.04. The van der Waals surface area contributed by atoms with Gasteiger partial charge in [-0.1, -0.05) is 30.3 Å². The zero-order valence-electron chi connectivity index (χ0n) is 10.6. The number of nitrogens with one attached hydrogen (secondary N) is 1. The number of fused-ring (bicyclic) bond motifs is 1. The standard InChI is InChI=1S/C13H13N5O.ClH/c14-13-17-11-10(15-8-16-11)12(19)18(13)7-6-9-4-2-1-3-5-9;/h1-5,8H,6-7H2,(H2,14,17)(H,15,16);1H. The summed E-state index contributed by atoms with van der Waals surface area (Å²) in [4.78, 5) is 23.1. The van der Waals surface area contributed by atoms with E-state index in [0.29, 0.717) is 17.7 Å². The topological polar surface area (TPSA) is 89.6 Å². The molecule has 20 heavy (non-hydrogen) atoms. The van der Waals surface area contributed by atoms with E-state index in [4.69, 9.17) is 5.73 Å². The van der Waals surface area contributed by atoms with Gasteiger partial charge in [-0.15, -0.1) is 12.4 Å². The fraction of sp³-hybridized carbons (Fsp3) is 0.154. The maximum atomic E-state index is 12.2. The Balaban J connectivity index is 0.00000147. The van der Waals surface area contributed by atoms with E-state index >= 15 is 0 Å². The van der Waals surface area contributed by atoms with Crippen molar-refractivity contribution in [2.75, 3.05) is 5.73 Å². The van der Waals surface area contributed by atoms with Crippen molar-refractivity contribution in [3.63, 3.8) is 0 Å². The number of hydrogen-bond acceptors (Lipinski definition) is 4. The highest BCUT2D eigenvalue weighted by atomic mass is 35.5. The van der Waals surface area contributed by atoms with Crippen molar-refractivity contribution in [2.24, 2.45) is 0 Å². The van der Waals surface area contributed by atoms with Crippen LogP contribution in [0.4, 0.5) is 5.95 Å². The van der Waals surface area contributed by atoms with E-state index < -0.39 is 0 Å². The van der Waals surface area contributed by atoms with Gasteiger partial charge in [-0.3, -0.25) is 9.36 Å². The van der Waals surface area contributed by atoms with Crippen LogP contribution in [0, 0.1) is 0 Å². The summed E-state index contributed by atoms with van der Waals surface area (Å²) in [5.74, 6) is 0.206. The second-order valence-corrected chi connectivity index (χ2v) is 4.26. The zero-order chi connectivity index (χ0) is 13.2. The second kappa shape index (κ2) is 5.75. The van der Waals surface area contributed by atoms with E-state index in [1.807, 2.05) is 30.3 Å². The molecule has 0 saturated heterocycles. The molecule has 1 aromatic carbocycles. The van der Waals surface area contributed by atoms with Crippen LogP contribution in [-0.4, -0.2) is 19.5 Å². The van der Waals surface area contributed by atoms with Crippen LogP contribution in [0.5, 0.6) is 0 Å². The van der Waals surface area contributed by atoms with Crippen LogP contribution in [0.3, 0.4) is 0 Å². The van der Waals surface area contributed by atoms with Gasteiger partial charge in [-0.25, -0.2) is 4.98 Å². The molecule has 7 heteroatoms.